The average molecular weight is 319 g/mol. The van der Waals surface area contributed by atoms with Gasteiger partial charge in [0.1, 0.15) is 5.82 Å². The number of pyridine rings is 1. The number of aromatic nitrogens is 1. The minimum absolute atomic E-state index is 0.256. The number of rotatable bonds is 3. The number of halogens is 1. The Labute approximate surface area is 110 Å². The van der Waals surface area contributed by atoms with Crippen molar-refractivity contribution in [1.29, 1.82) is 0 Å². The van der Waals surface area contributed by atoms with E-state index in [9.17, 15) is 8.42 Å². The van der Waals surface area contributed by atoms with Gasteiger partial charge >= 0.3 is 0 Å². The molecule has 1 aromatic rings. The fourth-order valence-corrected chi connectivity index (χ4v) is 3.93. The van der Waals surface area contributed by atoms with Crippen molar-refractivity contribution in [3.8, 4) is 0 Å². The van der Waals surface area contributed by atoms with Crippen LogP contribution in [0.4, 0.5) is 5.82 Å². The van der Waals surface area contributed by atoms with Crippen LogP contribution in [-0.4, -0.2) is 30.9 Å². The predicted molar refractivity (Wildman–Crippen MR) is 72.0 cm³/mol. The van der Waals surface area contributed by atoms with Crippen LogP contribution in [0.15, 0.2) is 16.6 Å². The van der Waals surface area contributed by atoms with Crippen molar-refractivity contribution in [1.82, 2.24) is 4.98 Å². The van der Waals surface area contributed by atoms with Crippen LogP contribution in [0.3, 0.4) is 0 Å². The second-order valence-electron chi connectivity index (χ2n) is 4.28. The van der Waals surface area contributed by atoms with Gasteiger partial charge in [0.25, 0.3) is 0 Å². The quantitative estimate of drug-likeness (QED) is 0.927. The van der Waals surface area contributed by atoms with E-state index in [4.69, 9.17) is 0 Å². The van der Waals surface area contributed by atoms with E-state index >= 15 is 0 Å². The molecule has 0 aliphatic carbocycles. The number of nitrogens with one attached hydrogen (secondary N) is 1. The highest BCUT2D eigenvalue weighted by Crippen LogP contribution is 2.21. The molecule has 17 heavy (non-hydrogen) atoms. The molecule has 2 heterocycles. The molecular formula is C11H15BrN2O2S. The van der Waals surface area contributed by atoms with Crippen molar-refractivity contribution >= 4 is 31.6 Å². The lowest BCUT2D eigenvalue weighted by Crippen LogP contribution is -2.25. The number of anilines is 1. The fourth-order valence-electron chi connectivity index (χ4n) is 1.95. The molecule has 1 atom stereocenters. The summed E-state index contributed by atoms with van der Waals surface area (Å²) in [6, 6.07) is 3.76. The Kier molecular flexibility index (Phi) is 3.73. The Hall–Kier alpha value is -0.620. The fraction of sp³-hybridized carbons (Fsp3) is 0.545. The lowest BCUT2D eigenvalue weighted by atomic mass is 10.2. The maximum atomic E-state index is 11.6. The lowest BCUT2D eigenvalue weighted by molar-refractivity contribution is 0.591. The number of hydrogen-bond donors (Lipinski definition) is 1. The molecule has 0 aromatic carbocycles. The molecule has 6 heteroatoms. The van der Waals surface area contributed by atoms with Crippen molar-refractivity contribution in [2.75, 3.05) is 17.6 Å². The zero-order valence-electron chi connectivity index (χ0n) is 9.61. The molecule has 2 rings (SSSR count). The summed E-state index contributed by atoms with van der Waals surface area (Å²) in [5, 5.41) is 2.84. The van der Waals surface area contributed by atoms with Crippen molar-refractivity contribution in [3.05, 3.63) is 22.3 Å². The molecule has 0 bridgehead atoms. The predicted octanol–water partition coefficient (Wildman–Crippen LogP) is 2.14. The van der Waals surface area contributed by atoms with Crippen LogP contribution in [0, 0.1) is 6.92 Å². The molecule has 0 amide bonds. The first-order valence-electron chi connectivity index (χ1n) is 5.57. The molecule has 1 aliphatic heterocycles. The van der Waals surface area contributed by atoms with E-state index in [-0.39, 0.29) is 5.25 Å². The molecule has 94 valence electrons. The van der Waals surface area contributed by atoms with Crippen LogP contribution in [0.1, 0.15) is 18.5 Å². The Morgan fingerprint density at radius 1 is 1.53 bits per heavy atom. The number of hydrogen-bond acceptors (Lipinski definition) is 4. The topological polar surface area (TPSA) is 59.1 Å². The third-order valence-corrected chi connectivity index (χ3v) is 6.11. The molecule has 4 nitrogen and oxygen atoms in total. The maximum Gasteiger partial charge on any atom is 0.154 e. The van der Waals surface area contributed by atoms with E-state index in [1.165, 1.54) is 0 Å². The highest BCUT2D eigenvalue weighted by atomic mass is 79.9. The summed E-state index contributed by atoms with van der Waals surface area (Å²) in [4.78, 5) is 4.33. The maximum absolute atomic E-state index is 11.6. The van der Waals surface area contributed by atoms with Crippen molar-refractivity contribution < 1.29 is 8.42 Å². The lowest BCUT2D eigenvalue weighted by Gasteiger charge is -2.11. The van der Waals surface area contributed by atoms with Gasteiger partial charge in [0.05, 0.1) is 16.7 Å². The summed E-state index contributed by atoms with van der Waals surface area (Å²) >= 11 is 3.38. The van der Waals surface area contributed by atoms with Gasteiger partial charge in [-0.05, 0) is 47.8 Å². The summed E-state index contributed by atoms with van der Waals surface area (Å²) in [6.07, 6.45) is 1.53. The van der Waals surface area contributed by atoms with Gasteiger partial charge in [-0.2, -0.15) is 0 Å². The van der Waals surface area contributed by atoms with Gasteiger partial charge in [0.2, 0.25) is 0 Å². The monoisotopic (exact) mass is 318 g/mol. The molecule has 1 N–H and O–H groups in total. The smallest absolute Gasteiger partial charge is 0.154 e. The van der Waals surface area contributed by atoms with Gasteiger partial charge in [-0.1, -0.05) is 0 Å². The van der Waals surface area contributed by atoms with E-state index in [2.05, 4.69) is 26.2 Å². The minimum Gasteiger partial charge on any atom is -0.369 e. The van der Waals surface area contributed by atoms with Gasteiger partial charge in [0.15, 0.2) is 9.84 Å². The first-order valence-corrected chi connectivity index (χ1v) is 8.08. The zero-order valence-corrected chi connectivity index (χ0v) is 12.0. The van der Waals surface area contributed by atoms with Gasteiger partial charge in [-0.15, -0.1) is 0 Å². The third-order valence-electron chi connectivity index (χ3n) is 2.99. The summed E-state index contributed by atoms with van der Waals surface area (Å²) in [5.74, 6) is 1.05. The molecule has 1 aromatic heterocycles. The molecule has 1 saturated heterocycles. The van der Waals surface area contributed by atoms with E-state index in [0.29, 0.717) is 12.3 Å². The van der Waals surface area contributed by atoms with Crippen LogP contribution < -0.4 is 5.32 Å². The number of sulfone groups is 1. The largest absolute Gasteiger partial charge is 0.369 e. The molecular weight excluding hydrogens is 304 g/mol. The molecule has 1 aliphatic rings. The zero-order chi connectivity index (χ0) is 12.5. The first kappa shape index (κ1) is 12.8. The summed E-state index contributed by atoms with van der Waals surface area (Å²) in [6.45, 7) is 2.36. The van der Waals surface area contributed by atoms with Gasteiger partial charge < -0.3 is 5.32 Å². The van der Waals surface area contributed by atoms with Gasteiger partial charge in [-0.25, -0.2) is 13.4 Å². The van der Waals surface area contributed by atoms with Crippen molar-refractivity contribution in [3.63, 3.8) is 0 Å². The van der Waals surface area contributed by atoms with Crippen LogP contribution in [-0.2, 0) is 9.84 Å². The standard InChI is InChI=1S/C11H15BrN2O2S/c1-8-10(12)4-5-11(14-8)13-7-9-3-2-6-17(9,15)16/h4-5,9H,2-3,6-7H2,1H3,(H,13,14). The van der Waals surface area contributed by atoms with Gasteiger partial charge in [0, 0.05) is 11.0 Å². The van der Waals surface area contributed by atoms with E-state index in [1.54, 1.807) is 0 Å². The molecule has 1 unspecified atom stereocenters. The first-order chi connectivity index (χ1) is 7.99. The molecule has 1 fully saturated rings. The second kappa shape index (κ2) is 4.94. The van der Waals surface area contributed by atoms with Crippen molar-refractivity contribution in [2.24, 2.45) is 0 Å². The Bertz CT molecular complexity index is 516. The average Bonchev–Trinajstić information content (AvgIpc) is 2.60. The molecule has 0 saturated carbocycles. The number of nitrogens with zero attached hydrogens (tertiary/aromatic N) is 1. The summed E-state index contributed by atoms with van der Waals surface area (Å²) < 4.78 is 24.2. The van der Waals surface area contributed by atoms with Gasteiger partial charge in [-0.3, -0.25) is 0 Å². The third kappa shape index (κ3) is 2.98. The number of aryl methyl sites for hydroxylation is 1. The van der Waals surface area contributed by atoms with Crippen LogP contribution in [0.2, 0.25) is 0 Å². The van der Waals surface area contributed by atoms with Crippen LogP contribution in [0.5, 0.6) is 0 Å². The van der Waals surface area contributed by atoms with E-state index in [0.717, 1.165) is 28.8 Å². The van der Waals surface area contributed by atoms with Crippen LogP contribution >= 0.6 is 15.9 Å². The van der Waals surface area contributed by atoms with E-state index < -0.39 is 9.84 Å². The second-order valence-corrected chi connectivity index (χ2v) is 7.53. The highest BCUT2D eigenvalue weighted by molar-refractivity contribution is 9.10. The van der Waals surface area contributed by atoms with Crippen LogP contribution in [0.25, 0.3) is 0 Å². The SMILES string of the molecule is Cc1nc(NCC2CCCS2(=O)=O)ccc1Br. The minimum atomic E-state index is -2.88. The molecule has 0 radical (unpaired) electrons. The summed E-state index contributed by atoms with van der Waals surface area (Å²) in [5.41, 5.74) is 0.893. The Balaban J connectivity index is 2.00. The Morgan fingerprint density at radius 3 is 2.88 bits per heavy atom. The summed E-state index contributed by atoms with van der Waals surface area (Å²) in [7, 11) is -2.88. The van der Waals surface area contributed by atoms with Crippen molar-refractivity contribution in [2.45, 2.75) is 25.0 Å². The molecule has 0 spiro atoms. The normalized spacial score (nSPS) is 22.6. The Morgan fingerprint density at radius 2 is 2.29 bits per heavy atom. The van der Waals surface area contributed by atoms with E-state index in [1.807, 2.05) is 19.1 Å². The highest BCUT2D eigenvalue weighted by Gasteiger charge is 2.30.